The zero-order chi connectivity index (χ0) is 11.6. The van der Waals surface area contributed by atoms with Crippen molar-refractivity contribution in [3.63, 3.8) is 0 Å². The van der Waals surface area contributed by atoms with Crippen LogP contribution >= 0.6 is 0 Å². The summed E-state index contributed by atoms with van der Waals surface area (Å²) in [7, 11) is -2.83. The van der Waals surface area contributed by atoms with Crippen LogP contribution in [0.15, 0.2) is 0 Å². The van der Waals surface area contributed by atoms with E-state index in [1.807, 2.05) is 0 Å². The lowest BCUT2D eigenvalue weighted by Gasteiger charge is -2.36. The van der Waals surface area contributed by atoms with Crippen LogP contribution in [-0.2, 0) is 9.84 Å². The van der Waals surface area contributed by atoms with E-state index in [0.717, 1.165) is 32.2 Å². The van der Waals surface area contributed by atoms with Crippen LogP contribution in [0.3, 0.4) is 0 Å². The van der Waals surface area contributed by atoms with Crippen molar-refractivity contribution in [2.24, 2.45) is 0 Å². The van der Waals surface area contributed by atoms with Gasteiger partial charge < -0.3 is 5.11 Å². The minimum Gasteiger partial charge on any atom is -0.391 e. The number of hydrogen-bond acceptors (Lipinski definition) is 4. The van der Waals surface area contributed by atoms with Crippen molar-refractivity contribution in [1.29, 1.82) is 0 Å². The van der Waals surface area contributed by atoms with Crippen molar-refractivity contribution < 1.29 is 13.5 Å². The number of aliphatic hydroxyl groups is 1. The van der Waals surface area contributed by atoms with Gasteiger partial charge in [0.1, 0.15) is 0 Å². The molecule has 1 heterocycles. The van der Waals surface area contributed by atoms with Crippen molar-refractivity contribution in [3.8, 4) is 0 Å². The van der Waals surface area contributed by atoms with E-state index < -0.39 is 9.84 Å². The Labute approximate surface area is 97.6 Å². The fourth-order valence-corrected chi connectivity index (χ4v) is 4.09. The highest BCUT2D eigenvalue weighted by Gasteiger charge is 2.30. The van der Waals surface area contributed by atoms with Crippen LogP contribution in [-0.4, -0.2) is 55.2 Å². The molecule has 2 aliphatic rings. The van der Waals surface area contributed by atoms with Crippen LogP contribution in [0.5, 0.6) is 0 Å². The van der Waals surface area contributed by atoms with E-state index in [-0.39, 0.29) is 17.9 Å². The van der Waals surface area contributed by atoms with Gasteiger partial charge in [0.05, 0.1) is 17.6 Å². The van der Waals surface area contributed by atoms with Crippen LogP contribution in [0.2, 0.25) is 0 Å². The van der Waals surface area contributed by atoms with Crippen molar-refractivity contribution in [3.05, 3.63) is 0 Å². The molecule has 1 N–H and O–H groups in total. The number of aliphatic hydroxyl groups excluding tert-OH is 1. The lowest BCUT2D eigenvalue weighted by Crippen LogP contribution is -2.46. The molecule has 2 fully saturated rings. The molecule has 2 atom stereocenters. The van der Waals surface area contributed by atoms with E-state index in [4.69, 9.17) is 0 Å². The van der Waals surface area contributed by atoms with E-state index in [2.05, 4.69) is 4.90 Å². The zero-order valence-corrected chi connectivity index (χ0v) is 10.5. The largest absolute Gasteiger partial charge is 0.391 e. The second-order valence-corrected chi connectivity index (χ2v) is 7.26. The summed E-state index contributed by atoms with van der Waals surface area (Å²) in [5, 5.41) is 9.95. The lowest BCUT2D eigenvalue weighted by molar-refractivity contribution is 0.0234. The molecule has 1 aliphatic carbocycles. The highest BCUT2D eigenvalue weighted by atomic mass is 32.2. The van der Waals surface area contributed by atoms with Crippen molar-refractivity contribution in [1.82, 2.24) is 4.90 Å². The molecule has 16 heavy (non-hydrogen) atoms. The SMILES string of the molecule is O=S1(=O)CCCN(C2CCCCC2O)CC1. The molecule has 94 valence electrons. The number of sulfone groups is 1. The highest BCUT2D eigenvalue weighted by molar-refractivity contribution is 7.91. The van der Waals surface area contributed by atoms with E-state index in [1.165, 1.54) is 0 Å². The molecular weight excluding hydrogens is 226 g/mol. The molecule has 0 bridgehead atoms. The van der Waals surface area contributed by atoms with Gasteiger partial charge in [-0.05, 0) is 25.8 Å². The van der Waals surface area contributed by atoms with E-state index in [9.17, 15) is 13.5 Å². The van der Waals surface area contributed by atoms with Crippen molar-refractivity contribution >= 4 is 9.84 Å². The maximum atomic E-state index is 11.5. The Morgan fingerprint density at radius 3 is 2.50 bits per heavy atom. The monoisotopic (exact) mass is 247 g/mol. The van der Waals surface area contributed by atoms with Gasteiger partial charge in [-0.15, -0.1) is 0 Å². The molecule has 2 rings (SSSR count). The average molecular weight is 247 g/mol. The predicted molar refractivity (Wildman–Crippen MR) is 63.1 cm³/mol. The predicted octanol–water partition coefficient (Wildman–Crippen LogP) is 0.410. The molecule has 2 unspecified atom stereocenters. The van der Waals surface area contributed by atoms with Gasteiger partial charge in [0.2, 0.25) is 0 Å². The van der Waals surface area contributed by atoms with E-state index >= 15 is 0 Å². The molecule has 0 aromatic carbocycles. The second kappa shape index (κ2) is 5.02. The minimum atomic E-state index is -2.83. The number of hydrogen-bond donors (Lipinski definition) is 1. The average Bonchev–Trinajstić information content (AvgIpc) is 2.40. The number of nitrogens with zero attached hydrogens (tertiary/aromatic N) is 1. The molecule has 4 nitrogen and oxygen atoms in total. The third kappa shape index (κ3) is 2.96. The van der Waals surface area contributed by atoms with Gasteiger partial charge in [0, 0.05) is 12.6 Å². The van der Waals surface area contributed by atoms with E-state index in [1.54, 1.807) is 0 Å². The summed E-state index contributed by atoms with van der Waals surface area (Å²) in [6.45, 7) is 1.42. The maximum absolute atomic E-state index is 11.5. The normalized spacial score (nSPS) is 36.8. The first-order valence-corrected chi connectivity index (χ1v) is 8.03. The highest BCUT2D eigenvalue weighted by Crippen LogP contribution is 2.24. The Morgan fingerprint density at radius 1 is 1.00 bits per heavy atom. The summed E-state index contributed by atoms with van der Waals surface area (Å²) in [6, 6.07) is 0.196. The molecular formula is C11H21NO3S. The molecule has 0 radical (unpaired) electrons. The molecule has 0 aromatic rings. The van der Waals surface area contributed by atoms with Gasteiger partial charge in [-0.2, -0.15) is 0 Å². The van der Waals surface area contributed by atoms with Crippen molar-refractivity contribution in [2.45, 2.75) is 44.2 Å². The Kier molecular flexibility index (Phi) is 3.87. The molecule has 1 saturated heterocycles. The van der Waals surface area contributed by atoms with Crippen LogP contribution in [0.4, 0.5) is 0 Å². The summed E-state index contributed by atoms with van der Waals surface area (Å²) < 4.78 is 23.0. The van der Waals surface area contributed by atoms with Gasteiger partial charge in [-0.3, -0.25) is 4.90 Å². The summed E-state index contributed by atoms with van der Waals surface area (Å²) in [5.41, 5.74) is 0. The Bertz CT molecular complexity index is 328. The molecule has 0 amide bonds. The van der Waals surface area contributed by atoms with Crippen molar-refractivity contribution in [2.75, 3.05) is 24.6 Å². The fourth-order valence-electron chi connectivity index (χ4n) is 2.81. The van der Waals surface area contributed by atoms with Gasteiger partial charge in [0.25, 0.3) is 0 Å². The van der Waals surface area contributed by atoms with Crippen LogP contribution in [0.25, 0.3) is 0 Å². The number of rotatable bonds is 1. The smallest absolute Gasteiger partial charge is 0.151 e. The first-order chi connectivity index (χ1) is 7.58. The van der Waals surface area contributed by atoms with Crippen LogP contribution in [0.1, 0.15) is 32.1 Å². The van der Waals surface area contributed by atoms with Crippen LogP contribution in [0, 0.1) is 0 Å². The Morgan fingerprint density at radius 2 is 1.75 bits per heavy atom. The third-order valence-corrected chi connectivity index (χ3v) is 5.47. The van der Waals surface area contributed by atoms with Gasteiger partial charge >= 0.3 is 0 Å². The van der Waals surface area contributed by atoms with Crippen LogP contribution < -0.4 is 0 Å². The second-order valence-electron chi connectivity index (χ2n) is 4.96. The lowest BCUT2D eigenvalue weighted by atomic mass is 9.91. The minimum absolute atomic E-state index is 0.196. The summed E-state index contributed by atoms with van der Waals surface area (Å²) in [6.07, 6.45) is 4.60. The molecule has 0 aromatic heterocycles. The molecule has 5 heteroatoms. The van der Waals surface area contributed by atoms with Gasteiger partial charge in [-0.25, -0.2) is 8.42 Å². The zero-order valence-electron chi connectivity index (χ0n) is 9.64. The summed E-state index contributed by atoms with van der Waals surface area (Å²) >= 11 is 0. The molecule has 0 spiro atoms. The standard InChI is InChI=1S/C11H21NO3S/c13-11-5-2-1-4-10(11)12-6-3-8-16(14,15)9-7-12/h10-11,13H,1-9H2. The fraction of sp³-hybridized carbons (Fsp3) is 1.00. The van der Waals surface area contributed by atoms with E-state index in [0.29, 0.717) is 18.7 Å². The van der Waals surface area contributed by atoms with Gasteiger partial charge in [-0.1, -0.05) is 12.8 Å². The Hall–Kier alpha value is -0.130. The molecule has 1 saturated carbocycles. The topological polar surface area (TPSA) is 57.6 Å². The Balaban J connectivity index is 1.98. The first-order valence-electron chi connectivity index (χ1n) is 6.21. The first kappa shape index (κ1) is 12.3. The summed E-state index contributed by atoms with van der Waals surface area (Å²) in [5.74, 6) is 0.572. The maximum Gasteiger partial charge on any atom is 0.151 e. The quantitative estimate of drug-likeness (QED) is 0.729. The summed E-state index contributed by atoms with van der Waals surface area (Å²) in [4.78, 5) is 2.19. The van der Waals surface area contributed by atoms with Gasteiger partial charge in [0.15, 0.2) is 9.84 Å². The molecule has 1 aliphatic heterocycles. The third-order valence-electron chi connectivity index (χ3n) is 3.75.